The van der Waals surface area contributed by atoms with Gasteiger partial charge in [-0.3, -0.25) is 0 Å². The molecular weight excluding hydrogens is 488 g/mol. The van der Waals surface area contributed by atoms with Gasteiger partial charge < -0.3 is 9.64 Å². The molecule has 11 heteroatoms. The van der Waals surface area contributed by atoms with Crippen LogP contribution in [0, 0.1) is 0 Å². The van der Waals surface area contributed by atoms with Crippen LogP contribution in [0.3, 0.4) is 0 Å². The number of rotatable bonds is 6. The lowest BCUT2D eigenvalue weighted by atomic mass is 10.0. The summed E-state index contributed by atoms with van der Waals surface area (Å²) in [4.78, 5) is 2.36. The number of sulfone groups is 1. The molecule has 35 heavy (non-hydrogen) atoms. The molecule has 0 atom stereocenters. The molecule has 5 rings (SSSR count). The average molecular weight is 515 g/mol. The Morgan fingerprint density at radius 2 is 1.80 bits per heavy atom. The molecule has 0 saturated carbocycles. The largest absolute Gasteiger partial charge is 0.378 e. The molecule has 0 unspecified atom stereocenters. The zero-order chi connectivity index (χ0) is 24.8. The SMILES string of the molecule is C=C(c1nn(-c2ccc(CNS(C)(=O)=O)cc2)c2c1CS(=O)(=O)c1ccccc1-2)N1CCOCC1. The summed E-state index contributed by atoms with van der Waals surface area (Å²) in [6.45, 7) is 6.91. The molecule has 1 N–H and O–H groups in total. The summed E-state index contributed by atoms with van der Waals surface area (Å²) in [5.41, 5.74) is 4.71. The van der Waals surface area contributed by atoms with Crippen LogP contribution >= 0.6 is 0 Å². The molecule has 0 spiro atoms. The fraction of sp³-hybridized carbons (Fsp3) is 0.292. The van der Waals surface area contributed by atoms with Crippen molar-refractivity contribution in [2.24, 2.45) is 0 Å². The van der Waals surface area contributed by atoms with E-state index in [2.05, 4.69) is 16.2 Å². The Morgan fingerprint density at radius 3 is 2.49 bits per heavy atom. The lowest BCUT2D eigenvalue weighted by Gasteiger charge is -2.30. The number of sulfonamides is 1. The second kappa shape index (κ2) is 8.90. The van der Waals surface area contributed by atoms with Gasteiger partial charge in [0, 0.05) is 30.8 Å². The molecule has 0 amide bonds. The van der Waals surface area contributed by atoms with E-state index in [9.17, 15) is 16.8 Å². The third kappa shape index (κ3) is 4.64. The zero-order valence-electron chi connectivity index (χ0n) is 19.3. The summed E-state index contributed by atoms with van der Waals surface area (Å²) >= 11 is 0. The molecule has 2 aromatic carbocycles. The summed E-state index contributed by atoms with van der Waals surface area (Å²) in [6.07, 6.45) is 1.12. The Labute approximate surface area is 205 Å². The first-order valence-electron chi connectivity index (χ1n) is 11.1. The third-order valence-electron chi connectivity index (χ3n) is 6.18. The maximum absolute atomic E-state index is 13.2. The Morgan fingerprint density at radius 1 is 1.11 bits per heavy atom. The molecule has 3 aromatic rings. The summed E-state index contributed by atoms with van der Waals surface area (Å²) in [5.74, 6) is -0.158. The van der Waals surface area contributed by atoms with Gasteiger partial charge in [-0.15, -0.1) is 0 Å². The molecule has 3 heterocycles. The van der Waals surface area contributed by atoms with Gasteiger partial charge in [0.05, 0.1) is 47.2 Å². The van der Waals surface area contributed by atoms with Crippen LogP contribution in [-0.4, -0.2) is 64.1 Å². The van der Waals surface area contributed by atoms with Crippen molar-refractivity contribution in [3.05, 3.63) is 71.9 Å². The van der Waals surface area contributed by atoms with Crippen molar-refractivity contribution < 1.29 is 21.6 Å². The molecule has 1 aromatic heterocycles. The predicted molar refractivity (Wildman–Crippen MR) is 133 cm³/mol. The van der Waals surface area contributed by atoms with Gasteiger partial charge in [0.15, 0.2) is 9.84 Å². The van der Waals surface area contributed by atoms with Crippen LogP contribution in [0.5, 0.6) is 0 Å². The number of ether oxygens (including phenoxy) is 1. The molecule has 2 aliphatic rings. The van der Waals surface area contributed by atoms with Gasteiger partial charge >= 0.3 is 0 Å². The van der Waals surface area contributed by atoms with Crippen LogP contribution in [0.15, 0.2) is 60.0 Å². The van der Waals surface area contributed by atoms with Crippen LogP contribution < -0.4 is 4.72 Å². The van der Waals surface area contributed by atoms with Gasteiger partial charge in [0.2, 0.25) is 10.0 Å². The van der Waals surface area contributed by atoms with Crippen LogP contribution in [0.1, 0.15) is 16.8 Å². The second-order valence-electron chi connectivity index (χ2n) is 8.65. The van der Waals surface area contributed by atoms with E-state index in [0.29, 0.717) is 48.8 Å². The van der Waals surface area contributed by atoms with Crippen molar-refractivity contribution in [3.8, 4) is 16.9 Å². The molecule has 0 radical (unpaired) electrons. The van der Waals surface area contributed by atoms with Gasteiger partial charge in [-0.25, -0.2) is 26.2 Å². The molecule has 0 aliphatic carbocycles. The van der Waals surface area contributed by atoms with E-state index in [-0.39, 0.29) is 17.2 Å². The van der Waals surface area contributed by atoms with Gasteiger partial charge in [0.25, 0.3) is 0 Å². The molecule has 0 bridgehead atoms. The first-order chi connectivity index (χ1) is 16.6. The number of hydrogen-bond acceptors (Lipinski definition) is 7. The number of nitrogens with zero attached hydrogens (tertiary/aromatic N) is 3. The number of nitrogens with one attached hydrogen (secondary N) is 1. The number of fused-ring (bicyclic) bond motifs is 3. The standard InChI is InChI=1S/C24H26N4O5S2/c1-17(27-11-13-33-14-12-27)23-21-16-35(31,32)22-6-4-3-5-20(22)24(21)28(26-23)19-9-7-18(8-10-19)15-25-34(2,29)30/h3-10,25H,1,11-16H2,2H3. The summed E-state index contributed by atoms with van der Waals surface area (Å²) in [5, 5.41) is 4.88. The van der Waals surface area contributed by atoms with Crippen molar-refractivity contribution in [1.82, 2.24) is 19.4 Å². The van der Waals surface area contributed by atoms with Crippen LogP contribution in [-0.2, 0) is 36.9 Å². The minimum atomic E-state index is -3.54. The van der Waals surface area contributed by atoms with Gasteiger partial charge in [-0.05, 0) is 23.8 Å². The van der Waals surface area contributed by atoms with E-state index in [1.807, 2.05) is 30.3 Å². The average Bonchev–Trinajstić information content (AvgIpc) is 3.21. The van der Waals surface area contributed by atoms with Crippen LogP contribution in [0.2, 0.25) is 0 Å². The lowest BCUT2D eigenvalue weighted by Crippen LogP contribution is -2.35. The molecule has 9 nitrogen and oxygen atoms in total. The number of aromatic nitrogens is 2. The van der Waals surface area contributed by atoms with E-state index in [4.69, 9.17) is 9.84 Å². The number of morpholine rings is 1. The maximum Gasteiger partial charge on any atom is 0.209 e. The molecule has 184 valence electrons. The summed E-state index contributed by atoms with van der Waals surface area (Å²) < 4.78 is 58.9. The third-order valence-corrected chi connectivity index (χ3v) is 8.54. The molecule has 2 aliphatic heterocycles. The number of benzene rings is 2. The van der Waals surface area contributed by atoms with E-state index < -0.39 is 19.9 Å². The van der Waals surface area contributed by atoms with Gasteiger partial charge in [-0.2, -0.15) is 5.10 Å². The van der Waals surface area contributed by atoms with Crippen molar-refractivity contribution >= 4 is 25.6 Å². The van der Waals surface area contributed by atoms with Crippen molar-refractivity contribution in [1.29, 1.82) is 0 Å². The highest BCUT2D eigenvalue weighted by Gasteiger charge is 2.35. The lowest BCUT2D eigenvalue weighted by molar-refractivity contribution is 0.0639. The van der Waals surface area contributed by atoms with E-state index >= 15 is 0 Å². The second-order valence-corrected chi connectivity index (χ2v) is 12.4. The minimum absolute atomic E-state index is 0.158. The Balaban J connectivity index is 1.63. The smallest absolute Gasteiger partial charge is 0.209 e. The highest BCUT2D eigenvalue weighted by molar-refractivity contribution is 7.91. The topological polar surface area (TPSA) is 111 Å². The fourth-order valence-electron chi connectivity index (χ4n) is 4.44. The molecular formula is C24H26N4O5S2. The molecule has 1 fully saturated rings. The predicted octanol–water partition coefficient (Wildman–Crippen LogP) is 2.18. The maximum atomic E-state index is 13.2. The Hall–Kier alpha value is -2.99. The summed E-state index contributed by atoms with van der Waals surface area (Å²) in [6, 6.07) is 14.3. The molecule has 1 saturated heterocycles. The van der Waals surface area contributed by atoms with Crippen molar-refractivity contribution in [2.75, 3.05) is 32.6 Å². The number of hydrogen-bond donors (Lipinski definition) is 1. The van der Waals surface area contributed by atoms with Crippen molar-refractivity contribution in [3.63, 3.8) is 0 Å². The van der Waals surface area contributed by atoms with Crippen LogP contribution in [0.25, 0.3) is 22.6 Å². The van der Waals surface area contributed by atoms with Crippen LogP contribution in [0.4, 0.5) is 0 Å². The Bertz CT molecular complexity index is 1500. The van der Waals surface area contributed by atoms with Crippen molar-refractivity contribution in [2.45, 2.75) is 17.2 Å². The van der Waals surface area contributed by atoms with E-state index in [1.165, 1.54) is 0 Å². The quantitative estimate of drug-likeness (QED) is 0.537. The van der Waals surface area contributed by atoms with E-state index in [1.54, 1.807) is 22.9 Å². The Kier molecular flexibility index (Phi) is 6.04. The first kappa shape index (κ1) is 23.7. The summed E-state index contributed by atoms with van der Waals surface area (Å²) in [7, 11) is -6.85. The fourth-order valence-corrected chi connectivity index (χ4v) is 6.46. The normalized spacial score (nSPS) is 17.0. The van der Waals surface area contributed by atoms with Gasteiger partial charge in [0.1, 0.15) is 5.69 Å². The highest BCUT2D eigenvalue weighted by atomic mass is 32.2. The minimum Gasteiger partial charge on any atom is -0.378 e. The van der Waals surface area contributed by atoms with E-state index in [0.717, 1.165) is 23.2 Å². The zero-order valence-corrected chi connectivity index (χ0v) is 20.9. The monoisotopic (exact) mass is 514 g/mol. The highest BCUT2D eigenvalue weighted by Crippen LogP contribution is 2.42. The van der Waals surface area contributed by atoms with Gasteiger partial charge in [-0.1, -0.05) is 36.9 Å². The first-order valence-corrected chi connectivity index (χ1v) is 14.7.